The van der Waals surface area contributed by atoms with E-state index in [2.05, 4.69) is 4.90 Å². The molecule has 0 spiro atoms. The summed E-state index contributed by atoms with van der Waals surface area (Å²) in [6.07, 6.45) is 3.05. The number of aliphatic hydroxyl groups is 1. The summed E-state index contributed by atoms with van der Waals surface area (Å²) < 4.78 is 19.0. The Hall–Kier alpha value is -2.28. The van der Waals surface area contributed by atoms with E-state index in [4.69, 9.17) is 9.72 Å². The van der Waals surface area contributed by atoms with Gasteiger partial charge in [0.2, 0.25) is 0 Å². The lowest BCUT2D eigenvalue weighted by molar-refractivity contribution is 0.0207. The summed E-state index contributed by atoms with van der Waals surface area (Å²) in [4.78, 5) is 8.25. The lowest BCUT2D eigenvalue weighted by atomic mass is 9.96. The molecule has 0 unspecified atom stereocenters. The van der Waals surface area contributed by atoms with Gasteiger partial charge in [-0.2, -0.15) is 0 Å². The van der Waals surface area contributed by atoms with Gasteiger partial charge in [-0.1, -0.05) is 30.3 Å². The summed E-state index contributed by atoms with van der Waals surface area (Å²) in [5, 5.41) is 12.2. The van der Waals surface area contributed by atoms with Gasteiger partial charge in [0, 0.05) is 24.4 Å². The Labute approximate surface area is 187 Å². The number of aryl methyl sites for hydroxylation is 1. The maximum atomic E-state index is 13.2. The first-order valence-electron chi connectivity index (χ1n) is 10.9. The van der Waals surface area contributed by atoms with Crippen molar-refractivity contribution in [3.05, 3.63) is 81.6 Å². The molecule has 4 nitrogen and oxygen atoms in total. The second-order valence-corrected chi connectivity index (χ2v) is 9.31. The smallest absolute Gasteiger partial charge is 0.125 e. The molecule has 31 heavy (non-hydrogen) atoms. The molecule has 1 aliphatic rings. The van der Waals surface area contributed by atoms with Crippen molar-refractivity contribution in [1.29, 1.82) is 0 Å². The van der Waals surface area contributed by atoms with E-state index in [-0.39, 0.29) is 5.82 Å². The van der Waals surface area contributed by atoms with E-state index in [1.165, 1.54) is 17.0 Å². The molecule has 2 aromatic carbocycles. The molecule has 6 heteroatoms. The van der Waals surface area contributed by atoms with Gasteiger partial charge in [-0.05, 0) is 62.6 Å². The standard InChI is InChI=1S/C25H29FN2O2S/c1-19-23(12-17-30-22-6-3-2-4-7-22)31-24(27-19)25(29)13-5-15-28(16-14-25)18-20-8-10-21(26)11-9-20/h2-4,6-11,29H,5,12-18H2,1H3/t25-/m1/s1. The molecule has 4 rings (SSSR count). The lowest BCUT2D eigenvalue weighted by Crippen LogP contribution is -2.29. The Morgan fingerprint density at radius 2 is 1.87 bits per heavy atom. The predicted molar refractivity (Wildman–Crippen MR) is 122 cm³/mol. The average Bonchev–Trinajstić information content (AvgIpc) is 3.04. The van der Waals surface area contributed by atoms with E-state index in [9.17, 15) is 9.50 Å². The van der Waals surface area contributed by atoms with E-state index < -0.39 is 5.60 Å². The highest BCUT2D eigenvalue weighted by molar-refractivity contribution is 7.11. The van der Waals surface area contributed by atoms with Crippen molar-refractivity contribution in [2.75, 3.05) is 19.7 Å². The first-order valence-corrected chi connectivity index (χ1v) is 11.7. The predicted octanol–water partition coefficient (Wildman–Crippen LogP) is 5.09. The third kappa shape index (κ3) is 5.70. The summed E-state index contributed by atoms with van der Waals surface area (Å²) in [6, 6.07) is 16.5. The summed E-state index contributed by atoms with van der Waals surface area (Å²) in [7, 11) is 0. The number of thiazole rings is 1. The highest BCUT2D eigenvalue weighted by atomic mass is 32.1. The van der Waals surface area contributed by atoms with Crippen LogP contribution in [0.15, 0.2) is 54.6 Å². The summed E-state index contributed by atoms with van der Waals surface area (Å²) in [5.41, 5.74) is 1.20. The average molecular weight is 441 g/mol. The second-order valence-electron chi connectivity index (χ2n) is 8.23. The third-order valence-electron chi connectivity index (χ3n) is 5.86. The molecule has 0 amide bonds. The molecule has 0 saturated carbocycles. The van der Waals surface area contributed by atoms with Crippen molar-refractivity contribution >= 4 is 11.3 Å². The Balaban J connectivity index is 1.36. The quantitative estimate of drug-likeness (QED) is 0.556. The molecular formula is C25H29FN2O2S. The Kier molecular flexibility index (Phi) is 7.00. The minimum Gasteiger partial charge on any atom is -0.493 e. The molecule has 1 saturated heterocycles. The fourth-order valence-corrected chi connectivity index (χ4v) is 5.22. The van der Waals surface area contributed by atoms with Gasteiger partial charge in [-0.3, -0.25) is 4.90 Å². The van der Waals surface area contributed by atoms with Crippen LogP contribution >= 0.6 is 11.3 Å². The second kappa shape index (κ2) is 9.90. The number of nitrogens with zero attached hydrogens (tertiary/aromatic N) is 2. The highest BCUT2D eigenvalue weighted by Crippen LogP contribution is 2.37. The van der Waals surface area contributed by atoms with E-state index >= 15 is 0 Å². The first-order chi connectivity index (χ1) is 15.0. The summed E-state index contributed by atoms with van der Waals surface area (Å²) in [5.74, 6) is 0.659. The van der Waals surface area contributed by atoms with Gasteiger partial charge < -0.3 is 9.84 Å². The maximum Gasteiger partial charge on any atom is 0.125 e. The fraction of sp³-hybridized carbons (Fsp3) is 0.400. The minimum absolute atomic E-state index is 0.210. The molecule has 2 heterocycles. The number of aromatic nitrogens is 1. The number of halogens is 1. The SMILES string of the molecule is Cc1nc([C@@]2(O)CCCN(Cc3ccc(F)cc3)CC2)sc1CCOc1ccccc1. The molecule has 1 atom stereocenters. The van der Waals surface area contributed by atoms with Crippen LogP contribution in [-0.4, -0.2) is 34.7 Å². The Bertz CT molecular complexity index is 977. The number of rotatable bonds is 7. The Morgan fingerprint density at radius 1 is 1.10 bits per heavy atom. The van der Waals surface area contributed by atoms with Crippen LogP contribution in [-0.2, 0) is 18.6 Å². The van der Waals surface area contributed by atoms with Crippen molar-refractivity contribution < 1.29 is 14.2 Å². The molecular weight excluding hydrogens is 411 g/mol. The third-order valence-corrected chi connectivity index (χ3v) is 7.27. The zero-order valence-corrected chi connectivity index (χ0v) is 18.7. The van der Waals surface area contributed by atoms with Crippen molar-refractivity contribution in [1.82, 2.24) is 9.88 Å². The van der Waals surface area contributed by atoms with Crippen molar-refractivity contribution in [3.8, 4) is 5.75 Å². The van der Waals surface area contributed by atoms with Gasteiger partial charge in [0.05, 0.1) is 12.3 Å². The van der Waals surface area contributed by atoms with E-state index in [0.717, 1.165) is 54.5 Å². The van der Waals surface area contributed by atoms with Gasteiger partial charge in [-0.25, -0.2) is 9.37 Å². The lowest BCUT2D eigenvalue weighted by Gasteiger charge is -2.24. The van der Waals surface area contributed by atoms with Crippen LogP contribution in [0.5, 0.6) is 5.75 Å². The summed E-state index contributed by atoms with van der Waals surface area (Å²) in [6.45, 7) is 5.09. The van der Waals surface area contributed by atoms with Crippen molar-refractivity contribution in [2.45, 2.75) is 44.8 Å². The molecule has 3 aromatic rings. The van der Waals surface area contributed by atoms with Gasteiger partial charge in [0.15, 0.2) is 0 Å². The van der Waals surface area contributed by atoms with Crippen LogP contribution in [0.4, 0.5) is 4.39 Å². The van der Waals surface area contributed by atoms with Crippen LogP contribution in [0.2, 0.25) is 0 Å². The van der Waals surface area contributed by atoms with Crippen LogP contribution < -0.4 is 4.74 Å². The van der Waals surface area contributed by atoms with Gasteiger partial charge >= 0.3 is 0 Å². The van der Waals surface area contributed by atoms with Gasteiger partial charge in [0.1, 0.15) is 22.2 Å². The number of para-hydroxylation sites is 1. The first kappa shape index (κ1) is 21.9. The van der Waals surface area contributed by atoms with Crippen LogP contribution in [0, 0.1) is 12.7 Å². The Morgan fingerprint density at radius 3 is 2.65 bits per heavy atom. The largest absolute Gasteiger partial charge is 0.493 e. The minimum atomic E-state index is -0.883. The zero-order valence-electron chi connectivity index (χ0n) is 17.9. The highest BCUT2D eigenvalue weighted by Gasteiger charge is 2.35. The van der Waals surface area contributed by atoms with Crippen molar-refractivity contribution in [3.63, 3.8) is 0 Å². The number of hydrogen-bond acceptors (Lipinski definition) is 5. The monoisotopic (exact) mass is 440 g/mol. The number of ether oxygens (including phenoxy) is 1. The van der Waals surface area contributed by atoms with Gasteiger partial charge in [0.25, 0.3) is 0 Å². The van der Waals surface area contributed by atoms with Crippen LogP contribution in [0.1, 0.15) is 40.4 Å². The molecule has 164 valence electrons. The molecule has 1 aliphatic heterocycles. The molecule has 1 N–H and O–H groups in total. The topological polar surface area (TPSA) is 45.6 Å². The van der Waals surface area contributed by atoms with E-state index in [1.54, 1.807) is 11.3 Å². The van der Waals surface area contributed by atoms with Crippen LogP contribution in [0.25, 0.3) is 0 Å². The van der Waals surface area contributed by atoms with Crippen molar-refractivity contribution in [2.24, 2.45) is 0 Å². The number of benzene rings is 2. The van der Waals surface area contributed by atoms with Gasteiger partial charge in [-0.15, -0.1) is 11.3 Å². The summed E-state index contributed by atoms with van der Waals surface area (Å²) >= 11 is 1.61. The molecule has 1 aromatic heterocycles. The normalized spacial score (nSPS) is 19.8. The number of hydrogen-bond donors (Lipinski definition) is 1. The number of likely N-dealkylation sites (tertiary alicyclic amines) is 1. The molecule has 0 radical (unpaired) electrons. The fourth-order valence-electron chi connectivity index (χ4n) is 4.03. The van der Waals surface area contributed by atoms with Crippen LogP contribution in [0.3, 0.4) is 0 Å². The molecule has 1 fully saturated rings. The molecule has 0 aliphatic carbocycles. The van der Waals surface area contributed by atoms with E-state index in [0.29, 0.717) is 19.4 Å². The molecule has 0 bridgehead atoms. The van der Waals surface area contributed by atoms with E-state index in [1.807, 2.05) is 49.4 Å². The maximum absolute atomic E-state index is 13.2. The zero-order chi connectivity index (χ0) is 21.7.